The first-order valence-electron chi connectivity index (χ1n) is 6.87. The number of nitrogens with one attached hydrogen (secondary N) is 1. The first kappa shape index (κ1) is 23.9. The molecule has 30 heavy (non-hydrogen) atoms. The van der Waals surface area contributed by atoms with Gasteiger partial charge in [-0.15, -0.1) is 0 Å². The average Bonchev–Trinajstić information content (AvgIpc) is 2.60. The molecule has 0 spiro atoms. The molecule has 17 heteroatoms. The van der Waals surface area contributed by atoms with Crippen LogP contribution in [0, 0.1) is 23.3 Å². The van der Waals surface area contributed by atoms with Crippen molar-refractivity contribution in [3.63, 3.8) is 0 Å². The second-order valence-corrected chi connectivity index (χ2v) is 5.83. The van der Waals surface area contributed by atoms with E-state index in [-0.39, 0.29) is 5.32 Å². The van der Waals surface area contributed by atoms with Crippen LogP contribution in [0.15, 0.2) is 6.07 Å². The number of halogens is 15. The number of benzene rings is 1. The van der Waals surface area contributed by atoms with E-state index in [1.54, 1.807) is 0 Å². The van der Waals surface area contributed by atoms with Crippen LogP contribution < -0.4 is 5.32 Å². The molecule has 2 nitrogen and oxygen atoms in total. The third kappa shape index (κ3) is 2.34. The molecule has 1 N–H and O–H groups in total. The van der Waals surface area contributed by atoms with E-state index in [9.17, 15) is 70.7 Å². The third-order valence-corrected chi connectivity index (χ3v) is 4.11. The van der Waals surface area contributed by atoms with E-state index in [0.717, 1.165) is 0 Å². The zero-order valence-corrected chi connectivity index (χ0v) is 13.2. The minimum atomic E-state index is -7.67. The molecular formula is C13H2F15NO. The Balaban J connectivity index is 2.77. The van der Waals surface area contributed by atoms with E-state index < -0.39 is 76.2 Å². The molecule has 1 aromatic rings. The van der Waals surface area contributed by atoms with Crippen molar-refractivity contribution in [2.45, 2.75) is 35.3 Å². The van der Waals surface area contributed by atoms with Crippen molar-refractivity contribution in [3.8, 4) is 0 Å². The molecule has 0 saturated heterocycles. The zero-order valence-electron chi connectivity index (χ0n) is 13.2. The maximum absolute atomic E-state index is 14.4. The van der Waals surface area contributed by atoms with E-state index in [2.05, 4.69) is 0 Å². The number of hydrogen-bond donors (Lipinski definition) is 1. The van der Waals surface area contributed by atoms with Gasteiger partial charge in [0.15, 0.2) is 23.3 Å². The van der Waals surface area contributed by atoms with Crippen LogP contribution in [0.4, 0.5) is 71.5 Å². The SMILES string of the molecule is O=C(Nc1c(F)c(F)cc(F)c1F)C1(F)C(F)(F)C(F)(F)C(F)(F)C(F)(F)C1(F)F. The minimum Gasteiger partial charge on any atom is -0.318 e. The summed E-state index contributed by atoms with van der Waals surface area (Å²) < 4.78 is 201. The van der Waals surface area contributed by atoms with Crippen molar-refractivity contribution >= 4 is 11.6 Å². The molecule has 0 unspecified atom stereocenters. The maximum Gasteiger partial charge on any atom is 0.384 e. The summed E-state index contributed by atoms with van der Waals surface area (Å²) in [6.07, 6.45) is 0. The number of alkyl halides is 11. The summed E-state index contributed by atoms with van der Waals surface area (Å²) in [4.78, 5) is 11.5. The highest BCUT2D eigenvalue weighted by Crippen LogP contribution is 2.69. The Labute approximate surface area is 153 Å². The lowest BCUT2D eigenvalue weighted by Gasteiger charge is -2.51. The first-order valence-corrected chi connectivity index (χ1v) is 6.87. The molecule has 170 valence electrons. The van der Waals surface area contributed by atoms with Gasteiger partial charge in [0, 0.05) is 6.07 Å². The zero-order chi connectivity index (χ0) is 23.9. The molecule has 1 aromatic carbocycles. The van der Waals surface area contributed by atoms with Crippen LogP contribution in [0.3, 0.4) is 0 Å². The van der Waals surface area contributed by atoms with Gasteiger partial charge in [-0.05, 0) is 0 Å². The van der Waals surface area contributed by atoms with Crippen LogP contribution in [0.1, 0.15) is 0 Å². The number of carbonyl (C=O) groups excluding carboxylic acids is 1. The number of rotatable bonds is 2. The Hall–Kier alpha value is -2.36. The van der Waals surface area contributed by atoms with Crippen molar-refractivity contribution in [2.24, 2.45) is 0 Å². The van der Waals surface area contributed by atoms with Gasteiger partial charge in [0.25, 0.3) is 5.91 Å². The Bertz CT molecular complexity index is 852. The van der Waals surface area contributed by atoms with E-state index in [0.29, 0.717) is 0 Å². The molecule has 0 aliphatic heterocycles. The topological polar surface area (TPSA) is 29.1 Å². The second kappa shape index (κ2) is 6.09. The van der Waals surface area contributed by atoms with E-state index >= 15 is 0 Å². The molecule has 0 radical (unpaired) electrons. The maximum atomic E-state index is 14.4. The molecule has 0 bridgehead atoms. The Morgan fingerprint density at radius 2 is 0.900 bits per heavy atom. The monoisotopic (exact) mass is 473 g/mol. The molecule has 0 atom stereocenters. The Morgan fingerprint density at radius 1 is 0.600 bits per heavy atom. The van der Waals surface area contributed by atoms with Gasteiger partial charge < -0.3 is 5.32 Å². The van der Waals surface area contributed by atoms with Crippen molar-refractivity contribution in [3.05, 3.63) is 29.3 Å². The van der Waals surface area contributed by atoms with Crippen molar-refractivity contribution in [1.29, 1.82) is 0 Å². The predicted octanol–water partition coefficient (Wildman–Crippen LogP) is 5.08. The van der Waals surface area contributed by atoms with Gasteiger partial charge in [0.1, 0.15) is 5.69 Å². The molecule has 1 saturated carbocycles. The highest BCUT2D eigenvalue weighted by Gasteiger charge is 3.02. The summed E-state index contributed by atoms with van der Waals surface area (Å²) >= 11 is 0. The Kier molecular flexibility index (Phi) is 4.85. The summed E-state index contributed by atoms with van der Waals surface area (Å²) in [5.74, 6) is -52.9. The van der Waals surface area contributed by atoms with Gasteiger partial charge in [-0.2, -0.15) is 43.9 Å². The number of anilines is 1. The molecule has 1 aliphatic rings. The molecule has 1 fully saturated rings. The van der Waals surface area contributed by atoms with Gasteiger partial charge in [0.2, 0.25) is 0 Å². The molecule has 0 aromatic heterocycles. The molecular weight excluding hydrogens is 471 g/mol. The van der Waals surface area contributed by atoms with Crippen LogP contribution in [0.2, 0.25) is 0 Å². The van der Waals surface area contributed by atoms with Crippen LogP contribution in [0.25, 0.3) is 0 Å². The van der Waals surface area contributed by atoms with E-state index in [1.165, 1.54) is 0 Å². The van der Waals surface area contributed by atoms with Crippen LogP contribution in [-0.4, -0.2) is 41.2 Å². The number of carbonyl (C=O) groups is 1. The number of amides is 1. The normalized spacial score (nSPS) is 24.9. The van der Waals surface area contributed by atoms with Crippen molar-refractivity contribution in [2.75, 3.05) is 5.32 Å². The lowest BCUT2D eigenvalue weighted by Crippen LogP contribution is -2.86. The van der Waals surface area contributed by atoms with Gasteiger partial charge >= 0.3 is 35.3 Å². The first-order chi connectivity index (χ1) is 13.1. The fourth-order valence-corrected chi connectivity index (χ4v) is 2.39. The Morgan fingerprint density at radius 3 is 1.23 bits per heavy atom. The highest BCUT2D eigenvalue weighted by molar-refractivity contribution is 6.00. The van der Waals surface area contributed by atoms with Crippen molar-refractivity contribution < 1.29 is 70.7 Å². The third-order valence-electron chi connectivity index (χ3n) is 4.11. The molecule has 0 heterocycles. The van der Waals surface area contributed by atoms with Crippen LogP contribution >= 0.6 is 0 Å². The highest BCUT2D eigenvalue weighted by atomic mass is 19.4. The second-order valence-electron chi connectivity index (χ2n) is 5.83. The van der Waals surface area contributed by atoms with E-state index in [4.69, 9.17) is 0 Å². The molecule has 1 amide bonds. The van der Waals surface area contributed by atoms with Gasteiger partial charge in [-0.3, -0.25) is 4.79 Å². The molecule has 1 aliphatic carbocycles. The quantitative estimate of drug-likeness (QED) is 0.472. The lowest BCUT2D eigenvalue weighted by molar-refractivity contribution is -0.475. The summed E-state index contributed by atoms with van der Waals surface area (Å²) in [6.45, 7) is 0. The summed E-state index contributed by atoms with van der Waals surface area (Å²) in [5, 5.41) is -0.0310. The van der Waals surface area contributed by atoms with Crippen LogP contribution in [0.5, 0.6) is 0 Å². The molecule has 2 rings (SSSR count). The fraction of sp³-hybridized carbons (Fsp3) is 0.462. The lowest BCUT2D eigenvalue weighted by atomic mass is 9.71. The van der Waals surface area contributed by atoms with E-state index in [1.807, 2.05) is 0 Å². The van der Waals surface area contributed by atoms with Gasteiger partial charge in [0.05, 0.1) is 0 Å². The summed E-state index contributed by atoms with van der Waals surface area (Å²) in [5.41, 5.74) is -9.97. The average molecular weight is 473 g/mol. The fourth-order valence-electron chi connectivity index (χ4n) is 2.39. The largest absolute Gasteiger partial charge is 0.384 e. The standard InChI is InChI=1S/C13H2F15NO/c14-2-1-3(15)5(17)6(4(2)16)29-7(30)8(18)9(19,20)11(23,24)13(27,28)12(25,26)10(8,21)22/h1H,(H,29,30). The minimum absolute atomic E-state index is 0.0310. The smallest absolute Gasteiger partial charge is 0.318 e. The van der Waals surface area contributed by atoms with Crippen LogP contribution in [-0.2, 0) is 4.79 Å². The predicted molar refractivity (Wildman–Crippen MR) is 63.5 cm³/mol. The summed E-state index contributed by atoms with van der Waals surface area (Å²) in [6, 6.07) is -0.599. The van der Waals surface area contributed by atoms with Crippen molar-refractivity contribution in [1.82, 2.24) is 0 Å². The van der Waals surface area contributed by atoms with Gasteiger partial charge in [-0.1, -0.05) is 0 Å². The van der Waals surface area contributed by atoms with Gasteiger partial charge in [-0.25, -0.2) is 22.0 Å². The number of hydrogen-bond acceptors (Lipinski definition) is 1. The summed E-state index contributed by atoms with van der Waals surface area (Å²) in [7, 11) is 0.